The van der Waals surface area contributed by atoms with Crippen molar-refractivity contribution < 1.29 is 4.79 Å². The average Bonchev–Trinajstić information content (AvgIpc) is 2.53. The SMILES string of the molecule is CSc1ncc(C(=O)NC(C)C)c(Nc2cccc(C(C)(C)C)n2)n1. The molecule has 1 amide bonds. The van der Waals surface area contributed by atoms with Crippen LogP contribution in [0.1, 0.15) is 50.7 Å². The molecule has 0 aliphatic heterocycles. The van der Waals surface area contributed by atoms with Crippen molar-refractivity contribution in [3.8, 4) is 0 Å². The van der Waals surface area contributed by atoms with Crippen LogP contribution in [0.2, 0.25) is 0 Å². The van der Waals surface area contributed by atoms with Crippen molar-refractivity contribution in [2.45, 2.75) is 51.2 Å². The van der Waals surface area contributed by atoms with E-state index in [2.05, 4.69) is 46.4 Å². The molecule has 2 N–H and O–H groups in total. The van der Waals surface area contributed by atoms with Gasteiger partial charge in [-0.2, -0.15) is 0 Å². The summed E-state index contributed by atoms with van der Waals surface area (Å²) in [6.45, 7) is 10.2. The molecule has 0 fully saturated rings. The number of carbonyl (C=O) groups is 1. The van der Waals surface area contributed by atoms with E-state index in [0.717, 1.165) is 5.69 Å². The molecule has 0 aliphatic carbocycles. The van der Waals surface area contributed by atoms with Crippen LogP contribution >= 0.6 is 11.8 Å². The van der Waals surface area contributed by atoms with Crippen molar-refractivity contribution in [2.24, 2.45) is 0 Å². The van der Waals surface area contributed by atoms with E-state index in [1.807, 2.05) is 38.3 Å². The Morgan fingerprint density at radius 3 is 2.52 bits per heavy atom. The monoisotopic (exact) mass is 359 g/mol. The third kappa shape index (κ3) is 5.16. The topological polar surface area (TPSA) is 79.8 Å². The van der Waals surface area contributed by atoms with Crippen molar-refractivity contribution in [1.29, 1.82) is 0 Å². The second-order valence-corrected chi connectivity index (χ2v) is 7.80. The molecule has 0 saturated heterocycles. The number of nitrogens with zero attached hydrogens (tertiary/aromatic N) is 3. The van der Waals surface area contributed by atoms with Crippen LogP contribution in [0.25, 0.3) is 0 Å². The quantitative estimate of drug-likeness (QED) is 0.625. The second-order valence-electron chi connectivity index (χ2n) is 7.03. The number of nitrogens with one attached hydrogen (secondary N) is 2. The van der Waals surface area contributed by atoms with Gasteiger partial charge in [-0.15, -0.1) is 0 Å². The predicted molar refractivity (Wildman–Crippen MR) is 103 cm³/mol. The van der Waals surface area contributed by atoms with E-state index in [4.69, 9.17) is 0 Å². The fraction of sp³-hybridized carbons (Fsp3) is 0.444. The number of carbonyl (C=O) groups excluding carboxylic acids is 1. The summed E-state index contributed by atoms with van der Waals surface area (Å²) in [5.41, 5.74) is 1.30. The lowest BCUT2D eigenvalue weighted by molar-refractivity contribution is 0.0943. The normalized spacial score (nSPS) is 11.5. The summed E-state index contributed by atoms with van der Waals surface area (Å²) in [7, 11) is 0. The van der Waals surface area contributed by atoms with Crippen molar-refractivity contribution in [3.63, 3.8) is 0 Å². The third-order valence-electron chi connectivity index (χ3n) is 3.38. The molecular weight excluding hydrogens is 334 g/mol. The Morgan fingerprint density at radius 1 is 1.20 bits per heavy atom. The molecule has 0 spiro atoms. The number of anilines is 2. The summed E-state index contributed by atoms with van der Waals surface area (Å²) in [5, 5.41) is 6.64. The molecule has 2 heterocycles. The molecule has 2 rings (SSSR count). The number of hydrogen-bond donors (Lipinski definition) is 2. The number of amides is 1. The van der Waals surface area contributed by atoms with E-state index in [-0.39, 0.29) is 17.4 Å². The summed E-state index contributed by atoms with van der Waals surface area (Å²) < 4.78 is 0. The molecular formula is C18H25N5OS. The van der Waals surface area contributed by atoms with Gasteiger partial charge < -0.3 is 10.6 Å². The molecule has 6 nitrogen and oxygen atoms in total. The van der Waals surface area contributed by atoms with Crippen molar-refractivity contribution in [3.05, 3.63) is 35.7 Å². The van der Waals surface area contributed by atoms with E-state index in [0.29, 0.717) is 22.4 Å². The molecule has 0 bridgehead atoms. The van der Waals surface area contributed by atoms with Crippen LogP contribution in [0.5, 0.6) is 0 Å². The van der Waals surface area contributed by atoms with Gasteiger partial charge in [0.1, 0.15) is 17.2 Å². The summed E-state index contributed by atoms with van der Waals surface area (Å²) >= 11 is 1.42. The molecule has 0 atom stereocenters. The number of pyridine rings is 1. The van der Waals surface area contributed by atoms with Gasteiger partial charge in [-0.25, -0.2) is 15.0 Å². The first-order chi connectivity index (χ1) is 11.7. The van der Waals surface area contributed by atoms with Gasteiger partial charge in [-0.3, -0.25) is 4.79 Å². The summed E-state index contributed by atoms with van der Waals surface area (Å²) in [6, 6.07) is 5.83. The van der Waals surface area contributed by atoms with Crippen LogP contribution < -0.4 is 10.6 Å². The zero-order valence-corrected chi connectivity index (χ0v) is 16.4. The van der Waals surface area contributed by atoms with Gasteiger partial charge in [0, 0.05) is 23.3 Å². The Kier molecular flexibility index (Phi) is 6.00. The molecule has 0 unspecified atom stereocenters. The highest BCUT2D eigenvalue weighted by Crippen LogP contribution is 2.24. The maximum atomic E-state index is 12.4. The van der Waals surface area contributed by atoms with Gasteiger partial charge in [-0.05, 0) is 32.2 Å². The van der Waals surface area contributed by atoms with Crippen LogP contribution in [-0.4, -0.2) is 33.2 Å². The standard InChI is InChI=1S/C18H25N5OS/c1-11(2)20-16(24)12-10-19-17(25-6)23-15(12)22-14-9-7-8-13(21-14)18(3,4)5/h7-11H,1-6H3,(H,20,24)(H,19,21,22,23). The van der Waals surface area contributed by atoms with Crippen molar-refractivity contribution in [2.75, 3.05) is 11.6 Å². The van der Waals surface area contributed by atoms with Gasteiger partial charge in [-0.1, -0.05) is 38.6 Å². The first-order valence-corrected chi connectivity index (χ1v) is 9.39. The third-order valence-corrected chi connectivity index (χ3v) is 3.94. The maximum absolute atomic E-state index is 12.4. The minimum Gasteiger partial charge on any atom is -0.350 e. The van der Waals surface area contributed by atoms with E-state index in [1.54, 1.807) is 6.20 Å². The minimum absolute atomic E-state index is 0.0305. The molecule has 2 aromatic rings. The maximum Gasteiger partial charge on any atom is 0.256 e. The highest BCUT2D eigenvalue weighted by atomic mass is 32.2. The van der Waals surface area contributed by atoms with E-state index in [9.17, 15) is 4.79 Å². The van der Waals surface area contributed by atoms with Gasteiger partial charge >= 0.3 is 0 Å². The van der Waals surface area contributed by atoms with Crippen LogP contribution in [-0.2, 0) is 5.41 Å². The highest BCUT2D eigenvalue weighted by Gasteiger charge is 2.18. The van der Waals surface area contributed by atoms with E-state index >= 15 is 0 Å². The van der Waals surface area contributed by atoms with Crippen LogP contribution in [0, 0.1) is 0 Å². The Labute approximate surface area is 153 Å². The largest absolute Gasteiger partial charge is 0.350 e. The Hall–Kier alpha value is -2.15. The highest BCUT2D eigenvalue weighted by molar-refractivity contribution is 7.98. The zero-order valence-electron chi connectivity index (χ0n) is 15.5. The van der Waals surface area contributed by atoms with E-state index in [1.165, 1.54) is 11.8 Å². The van der Waals surface area contributed by atoms with Gasteiger partial charge in [0.05, 0.1) is 0 Å². The lowest BCUT2D eigenvalue weighted by atomic mass is 9.92. The van der Waals surface area contributed by atoms with Gasteiger partial charge in [0.2, 0.25) is 0 Å². The molecule has 0 saturated carbocycles. The Morgan fingerprint density at radius 2 is 1.92 bits per heavy atom. The van der Waals surface area contributed by atoms with Crippen LogP contribution in [0.3, 0.4) is 0 Å². The van der Waals surface area contributed by atoms with Crippen LogP contribution in [0.4, 0.5) is 11.6 Å². The predicted octanol–water partition coefficient (Wildman–Crippen LogP) is 3.77. The molecule has 134 valence electrons. The van der Waals surface area contributed by atoms with Gasteiger partial charge in [0.15, 0.2) is 5.16 Å². The first kappa shape index (κ1) is 19.2. The fourth-order valence-electron chi connectivity index (χ4n) is 2.11. The first-order valence-electron chi connectivity index (χ1n) is 8.17. The molecule has 0 aliphatic rings. The van der Waals surface area contributed by atoms with Crippen molar-refractivity contribution >= 4 is 29.3 Å². The molecule has 2 aromatic heterocycles. The molecule has 7 heteroatoms. The Balaban J connectivity index is 2.39. The summed E-state index contributed by atoms with van der Waals surface area (Å²) in [5.74, 6) is 0.893. The summed E-state index contributed by atoms with van der Waals surface area (Å²) in [4.78, 5) is 25.7. The fourth-order valence-corrected chi connectivity index (χ4v) is 2.45. The lowest BCUT2D eigenvalue weighted by Crippen LogP contribution is -2.31. The number of rotatable bonds is 5. The lowest BCUT2D eigenvalue weighted by Gasteiger charge is -2.19. The number of hydrogen-bond acceptors (Lipinski definition) is 6. The average molecular weight is 359 g/mol. The van der Waals surface area contributed by atoms with Crippen molar-refractivity contribution in [1.82, 2.24) is 20.3 Å². The van der Waals surface area contributed by atoms with Crippen LogP contribution in [0.15, 0.2) is 29.6 Å². The smallest absolute Gasteiger partial charge is 0.256 e. The minimum atomic E-state index is -0.211. The summed E-state index contributed by atoms with van der Waals surface area (Å²) in [6.07, 6.45) is 3.44. The zero-order chi connectivity index (χ0) is 18.6. The molecule has 25 heavy (non-hydrogen) atoms. The molecule has 0 aromatic carbocycles. The molecule has 0 radical (unpaired) electrons. The van der Waals surface area contributed by atoms with E-state index < -0.39 is 0 Å². The second kappa shape index (κ2) is 7.82. The number of thioether (sulfide) groups is 1. The number of aromatic nitrogens is 3. The van der Waals surface area contributed by atoms with Gasteiger partial charge in [0.25, 0.3) is 5.91 Å². The Bertz CT molecular complexity index is 755.